The Hall–Kier alpha value is -2.12. The molecule has 1 heterocycles. The van der Waals surface area contributed by atoms with Crippen molar-refractivity contribution < 1.29 is 22.4 Å². The molecule has 0 bridgehead atoms. The van der Waals surface area contributed by atoms with Crippen LogP contribution in [-0.2, 0) is 4.79 Å². The van der Waals surface area contributed by atoms with Gasteiger partial charge in [0.2, 0.25) is 11.8 Å². The molecule has 3 unspecified atom stereocenters. The highest BCUT2D eigenvalue weighted by Gasteiger charge is 2.59. The predicted octanol–water partition coefficient (Wildman–Crippen LogP) is 4.84. The molecule has 30 heavy (non-hydrogen) atoms. The highest BCUT2D eigenvalue weighted by Crippen LogP contribution is 2.64. The van der Waals surface area contributed by atoms with Gasteiger partial charge in [0.25, 0.3) is 0 Å². The van der Waals surface area contributed by atoms with Gasteiger partial charge in [-0.15, -0.1) is 0 Å². The van der Waals surface area contributed by atoms with E-state index >= 15 is 0 Å². The fraction of sp³-hybridized carbons (Fsp3) is 0.636. The molecule has 1 amide bonds. The molecule has 5 atom stereocenters. The van der Waals surface area contributed by atoms with Gasteiger partial charge in [0.15, 0.2) is 11.6 Å². The highest BCUT2D eigenvalue weighted by molar-refractivity contribution is 5.79. The molecule has 3 aliphatic rings. The Morgan fingerprint density at radius 1 is 1.17 bits per heavy atom. The summed E-state index contributed by atoms with van der Waals surface area (Å²) in [6, 6.07) is 2.33. The lowest BCUT2D eigenvalue weighted by atomic mass is 9.91. The van der Waals surface area contributed by atoms with Gasteiger partial charge in [-0.2, -0.15) is 0 Å². The third kappa shape index (κ3) is 3.38. The maximum atomic E-state index is 13.7. The van der Waals surface area contributed by atoms with Crippen molar-refractivity contribution in [1.82, 2.24) is 14.9 Å². The predicted molar refractivity (Wildman–Crippen MR) is 103 cm³/mol. The standard InChI is InChI=1S/C22H25F4N3O/c1-11(21(30)28-12-2-4-22(25,26)5-3-12)20-14-6-13(7-15(14)20)29-10-27-18-8-16(23)17(24)9-19(18)29/h8-15,20H,2-7H2,1H3,(H,28,30)/t11?,13?,14-,15+,20?. The first-order valence-corrected chi connectivity index (χ1v) is 10.7. The van der Waals surface area contributed by atoms with E-state index in [9.17, 15) is 22.4 Å². The SMILES string of the molecule is CC(C(=O)NC1CCC(F)(F)CC1)C1[C@H]2CC(n3cnc4cc(F)c(F)cc43)C[C@@H]12. The molecule has 2 aromatic rings. The number of halogens is 4. The Labute approximate surface area is 172 Å². The molecule has 3 fully saturated rings. The van der Waals surface area contributed by atoms with Crippen LogP contribution in [0.4, 0.5) is 17.6 Å². The zero-order chi connectivity index (χ0) is 21.2. The van der Waals surface area contributed by atoms with Crippen LogP contribution in [0.3, 0.4) is 0 Å². The minimum atomic E-state index is -2.60. The zero-order valence-electron chi connectivity index (χ0n) is 16.8. The molecule has 3 aliphatic carbocycles. The highest BCUT2D eigenvalue weighted by atomic mass is 19.3. The van der Waals surface area contributed by atoms with Crippen LogP contribution in [0.15, 0.2) is 18.5 Å². The van der Waals surface area contributed by atoms with E-state index in [4.69, 9.17) is 0 Å². The van der Waals surface area contributed by atoms with Crippen molar-refractivity contribution in [3.63, 3.8) is 0 Å². The van der Waals surface area contributed by atoms with Crippen LogP contribution in [0.5, 0.6) is 0 Å². The Balaban J connectivity index is 1.19. The van der Waals surface area contributed by atoms with E-state index in [1.54, 1.807) is 6.33 Å². The molecule has 0 radical (unpaired) electrons. The molecule has 0 saturated heterocycles. The number of rotatable bonds is 4. The Morgan fingerprint density at radius 2 is 1.80 bits per heavy atom. The average Bonchev–Trinajstić information content (AvgIpc) is 3.01. The van der Waals surface area contributed by atoms with Crippen molar-refractivity contribution in [3.05, 3.63) is 30.1 Å². The molecule has 1 aromatic heterocycles. The van der Waals surface area contributed by atoms with E-state index in [0.717, 1.165) is 18.9 Å². The van der Waals surface area contributed by atoms with Crippen LogP contribution in [0.2, 0.25) is 0 Å². The molecule has 1 aromatic carbocycles. The smallest absolute Gasteiger partial charge is 0.248 e. The topological polar surface area (TPSA) is 46.9 Å². The molecule has 5 rings (SSSR count). The minimum absolute atomic E-state index is 0.0354. The van der Waals surface area contributed by atoms with Crippen molar-refractivity contribution in [2.45, 2.75) is 63.5 Å². The van der Waals surface area contributed by atoms with Gasteiger partial charge in [-0.25, -0.2) is 22.5 Å². The van der Waals surface area contributed by atoms with Crippen LogP contribution in [-0.4, -0.2) is 27.4 Å². The Morgan fingerprint density at radius 3 is 2.47 bits per heavy atom. The molecular formula is C22H25F4N3O. The summed E-state index contributed by atoms with van der Waals surface area (Å²) in [6.07, 6.45) is 3.74. The van der Waals surface area contributed by atoms with Gasteiger partial charge in [-0.05, 0) is 43.4 Å². The van der Waals surface area contributed by atoms with Gasteiger partial charge in [-0.3, -0.25) is 4.79 Å². The summed E-state index contributed by atoms with van der Waals surface area (Å²) in [5.41, 5.74) is 1.04. The van der Waals surface area contributed by atoms with Gasteiger partial charge in [0.05, 0.1) is 17.4 Å². The summed E-state index contributed by atoms with van der Waals surface area (Å²) in [5, 5.41) is 2.98. The number of nitrogens with zero attached hydrogens (tertiary/aromatic N) is 2. The lowest BCUT2D eigenvalue weighted by Crippen LogP contribution is -2.43. The summed E-state index contributed by atoms with van der Waals surface area (Å²) >= 11 is 0. The lowest BCUT2D eigenvalue weighted by molar-refractivity contribution is -0.127. The van der Waals surface area contributed by atoms with E-state index in [0.29, 0.717) is 41.6 Å². The van der Waals surface area contributed by atoms with E-state index in [1.807, 2.05) is 11.5 Å². The van der Waals surface area contributed by atoms with Gasteiger partial charge >= 0.3 is 0 Å². The number of hydrogen-bond acceptors (Lipinski definition) is 2. The maximum absolute atomic E-state index is 13.7. The third-order valence-corrected chi connectivity index (χ3v) is 7.55. The molecular weight excluding hydrogens is 398 g/mol. The van der Waals surface area contributed by atoms with Crippen molar-refractivity contribution in [1.29, 1.82) is 0 Å². The second kappa shape index (κ2) is 6.95. The molecule has 8 heteroatoms. The monoisotopic (exact) mass is 423 g/mol. The number of carbonyl (C=O) groups is 1. The summed E-state index contributed by atoms with van der Waals surface area (Å²) in [7, 11) is 0. The molecule has 0 aliphatic heterocycles. The summed E-state index contributed by atoms with van der Waals surface area (Å²) in [5.74, 6) is -3.40. The van der Waals surface area contributed by atoms with Crippen molar-refractivity contribution in [3.8, 4) is 0 Å². The third-order valence-electron chi connectivity index (χ3n) is 7.55. The second-order valence-electron chi connectivity index (χ2n) is 9.36. The van der Waals surface area contributed by atoms with Gasteiger partial charge in [-0.1, -0.05) is 6.92 Å². The molecule has 162 valence electrons. The van der Waals surface area contributed by atoms with Crippen molar-refractivity contribution in [2.75, 3.05) is 0 Å². The number of benzene rings is 1. The summed E-state index contributed by atoms with van der Waals surface area (Å²) in [6.45, 7) is 1.93. The number of carbonyl (C=O) groups excluding carboxylic acids is 1. The maximum Gasteiger partial charge on any atom is 0.248 e. The lowest BCUT2D eigenvalue weighted by Gasteiger charge is -2.30. The number of nitrogens with one attached hydrogen (secondary N) is 1. The Bertz CT molecular complexity index is 968. The Kier molecular flexibility index (Phi) is 4.59. The van der Waals surface area contributed by atoms with E-state index in [2.05, 4.69) is 10.3 Å². The molecule has 1 N–H and O–H groups in total. The first-order chi connectivity index (χ1) is 14.2. The summed E-state index contributed by atoms with van der Waals surface area (Å²) < 4.78 is 55.6. The number of amides is 1. The van der Waals surface area contributed by atoms with E-state index in [-0.39, 0.29) is 36.8 Å². The fourth-order valence-electron chi connectivity index (χ4n) is 5.84. The number of fused-ring (bicyclic) bond motifs is 2. The van der Waals surface area contributed by atoms with Crippen LogP contribution in [0.25, 0.3) is 11.0 Å². The van der Waals surface area contributed by atoms with Crippen LogP contribution < -0.4 is 5.32 Å². The van der Waals surface area contributed by atoms with Crippen molar-refractivity contribution >= 4 is 16.9 Å². The normalized spacial score (nSPS) is 31.5. The number of hydrogen-bond donors (Lipinski definition) is 1. The fourth-order valence-corrected chi connectivity index (χ4v) is 5.84. The number of aromatic nitrogens is 2. The second-order valence-corrected chi connectivity index (χ2v) is 9.36. The first kappa shape index (κ1) is 19.8. The number of imidazole rings is 1. The average molecular weight is 423 g/mol. The molecule has 0 spiro atoms. The minimum Gasteiger partial charge on any atom is -0.353 e. The van der Waals surface area contributed by atoms with E-state index in [1.165, 1.54) is 6.07 Å². The van der Waals surface area contributed by atoms with E-state index < -0.39 is 17.6 Å². The van der Waals surface area contributed by atoms with Gasteiger partial charge in [0.1, 0.15) is 0 Å². The van der Waals surface area contributed by atoms with Crippen LogP contribution in [0.1, 0.15) is 51.5 Å². The number of alkyl halides is 2. The van der Waals surface area contributed by atoms with Gasteiger partial charge in [0, 0.05) is 43.0 Å². The molecule has 4 nitrogen and oxygen atoms in total. The molecule has 3 saturated carbocycles. The van der Waals surface area contributed by atoms with Crippen LogP contribution >= 0.6 is 0 Å². The first-order valence-electron chi connectivity index (χ1n) is 10.7. The van der Waals surface area contributed by atoms with Crippen LogP contribution in [0, 0.1) is 35.3 Å². The quantitative estimate of drug-likeness (QED) is 0.716. The zero-order valence-corrected chi connectivity index (χ0v) is 16.8. The van der Waals surface area contributed by atoms with Crippen molar-refractivity contribution in [2.24, 2.45) is 23.7 Å². The summed E-state index contributed by atoms with van der Waals surface area (Å²) in [4.78, 5) is 16.9. The largest absolute Gasteiger partial charge is 0.353 e. The van der Waals surface area contributed by atoms with Gasteiger partial charge < -0.3 is 9.88 Å².